The van der Waals surface area contributed by atoms with Crippen molar-refractivity contribution in [3.63, 3.8) is 0 Å². The largest absolute Gasteiger partial charge is 0.354 e. The first-order valence-electron chi connectivity index (χ1n) is 9.94. The molecule has 0 radical (unpaired) electrons. The molecule has 5 nitrogen and oxygen atoms in total. The highest BCUT2D eigenvalue weighted by Crippen LogP contribution is 2.16. The maximum absolute atomic E-state index is 9.96. The van der Waals surface area contributed by atoms with E-state index in [2.05, 4.69) is 46.7 Å². The number of carbonyl (C=O) groups is 1. The lowest BCUT2D eigenvalue weighted by Crippen LogP contribution is -2.44. The second-order valence-electron chi connectivity index (χ2n) is 7.38. The van der Waals surface area contributed by atoms with Crippen molar-refractivity contribution in [2.45, 2.75) is 31.6 Å². The van der Waals surface area contributed by atoms with Crippen molar-refractivity contribution in [3.8, 4) is 0 Å². The highest BCUT2D eigenvalue weighted by molar-refractivity contribution is 7.99. The number of aryl methyl sites for hydroxylation is 1. The second kappa shape index (κ2) is 12.5. The van der Waals surface area contributed by atoms with E-state index in [1.807, 2.05) is 30.3 Å². The summed E-state index contributed by atoms with van der Waals surface area (Å²) in [4.78, 5) is 24.6. The maximum Gasteiger partial charge on any atom is 0.132 e. The van der Waals surface area contributed by atoms with E-state index in [1.54, 1.807) is 18.1 Å². The van der Waals surface area contributed by atoms with Crippen molar-refractivity contribution in [1.82, 2.24) is 14.9 Å². The zero-order valence-electron chi connectivity index (χ0n) is 17.3. The summed E-state index contributed by atoms with van der Waals surface area (Å²) >= 11 is 1.55. The number of aldehydes is 1. The Balaban J connectivity index is 0.000000237. The second-order valence-corrected chi connectivity index (χ2v) is 8.47. The molecule has 1 aromatic heterocycles. The predicted molar refractivity (Wildman–Crippen MR) is 118 cm³/mol. The fraction of sp³-hybridized carbons (Fsp3) is 0.500. The van der Waals surface area contributed by atoms with Crippen LogP contribution >= 0.6 is 11.8 Å². The molecule has 0 amide bonds. The molecule has 0 saturated carbocycles. The zero-order chi connectivity index (χ0) is 20.2. The third kappa shape index (κ3) is 8.40. The highest BCUT2D eigenvalue weighted by Gasteiger charge is 2.15. The van der Waals surface area contributed by atoms with Crippen molar-refractivity contribution in [3.05, 3.63) is 48.4 Å². The molecule has 0 bridgehead atoms. The maximum atomic E-state index is 9.96. The molecule has 0 aliphatic carbocycles. The minimum absolute atomic E-state index is 0.546. The van der Waals surface area contributed by atoms with Crippen LogP contribution in [0, 0.1) is 5.92 Å². The van der Waals surface area contributed by atoms with Crippen molar-refractivity contribution in [1.29, 1.82) is 0 Å². The third-order valence-electron chi connectivity index (χ3n) is 4.58. The van der Waals surface area contributed by atoms with Gasteiger partial charge in [-0.2, -0.15) is 0 Å². The van der Waals surface area contributed by atoms with E-state index in [9.17, 15) is 4.79 Å². The first-order chi connectivity index (χ1) is 13.6. The average Bonchev–Trinajstić information content (AvgIpc) is 2.73. The number of aromatic nitrogens is 2. The first-order valence-corrected chi connectivity index (χ1v) is 10.9. The van der Waals surface area contributed by atoms with Gasteiger partial charge in [0, 0.05) is 42.8 Å². The Hall–Kier alpha value is -1.92. The quantitative estimate of drug-likeness (QED) is 0.521. The van der Waals surface area contributed by atoms with E-state index in [1.165, 1.54) is 12.1 Å². The molecule has 1 saturated heterocycles. The number of anilines is 1. The van der Waals surface area contributed by atoms with Gasteiger partial charge in [-0.1, -0.05) is 32.0 Å². The Bertz CT molecular complexity index is 688. The van der Waals surface area contributed by atoms with Crippen LogP contribution in [0.2, 0.25) is 0 Å². The van der Waals surface area contributed by atoms with Crippen LogP contribution in [0.5, 0.6) is 0 Å². The molecule has 28 heavy (non-hydrogen) atoms. The van der Waals surface area contributed by atoms with Gasteiger partial charge in [0.05, 0.1) is 5.75 Å². The lowest BCUT2D eigenvalue weighted by atomic mass is 10.1. The van der Waals surface area contributed by atoms with Gasteiger partial charge in [0.25, 0.3) is 0 Å². The fourth-order valence-electron chi connectivity index (χ4n) is 2.81. The normalized spacial score (nSPS) is 14.5. The summed E-state index contributed by atoms with van der Waals surface area (Å²) in [5.74, 6) is 2.37. The molecule has 2 aromatic rings. The third-order valence-corrected chi connectivity index (χ3v) is 5.48. The summed E-state index contributed by atoms with van der Waals surface area (Å²) in [6.45, 7) is 8.87. The Morgan fingerprint density at radius 3 is 2.46 bits per heavy atom. The van der Waals surface area contributed by atoms with Crippen molar-refractivity contribution in [2.24, 2.45) is 5.92 Å². The van der Waals surface area contributed by atoms with Crippen molar-refractivity contribution >= 4 is 23.9 Å². The van der Waals surface area contributed by atoms with E-state index >= 15 is 0 Å². The molecular formula is C22H32N4OS. The smallest absolute Gasteiger partial charge is 0.132 e. The lowest BCUT2D eigenvalue weighted by molar-refractivity contribution is -0.105. The number of hydrogen-bond acceptors (Lipinski definition) is 6. The van der Waals surface area contributed by atoms with Gasteiger partial charge in [-0.25, -0.2) is 9.97 Å². The SMILES string of the molecule is CC(C)CCc1cc(N2CCN(C)CC2)ncn1.O=CCSc1ccccc1. The van der Waals surface area contributed by atoms with Gasteiger partial charge in [0.15, 0.2) is 0 Å². The van der Waals surface area contributed by atoms with Crippen LogP contribution in [0.4, 0.5) is 5.82 Å². The summed E-state index contributed by atoms with van der Waals surface area (Å²) in [7, 11) is 2.17. The number of piperazine rings is 1. The number of hydrogen-bond donors (Lipinski definition) is 0. The molecule has 0 atom stereocenters. The fourth-order valence-corrected chi connectivity index (χ4v) is 3.42. The van der Waals surface area contributed by atoms with Gasteiger partial charge < -0.3 is 14.6 Å². The lowest BCUT2D eigenvalue weighted by Gasteiger charge is -2.33. The molecular weight excluding hydrogens is 368 g/mol. The van der Waals surface area contributed by atoms with Crippen LogP contribution < -0.4 is 4.90 Å². The number of carbonyl (C=O) groups excluding carboxylic acids is 1. The van der Waals surface area contributed by atoms with Crippen molar-refractivity contribution < 1.29 is 4.79 Å². The van der Waals surface area contributed by atoms with Gasteiger partial charge in [0.1, 0.15) is 18.4 Å². The summed E-state index contributed by atoms with van der Waals surface area (Å²) < 4.78 is 0. The van der Waals surface area contributed by atoms with Gasteiger partial charge in [-0.3, -0.25) is 0 Å². The molecule has 1 aromatic carbocycles. The monoisotopic (exact) mass is 400 g/mol. The number of benzene rings is 1. The van der Waals surface area contributed by atoms with Crippen LogP contribution in [-0.2, 0) is 11.2 Å². The Morgan fingerprint density at radius 1 is 1.11 bits per heavy atom. The van der Waals surface area contributed by atoms with Gasteiger partial charge in [0.2, 0.25) is 0 Å². The van der Waals surface area contributed by atoms with E-state index in [-0.39, 0.29) is 0 Å². The van der Waals surface area contributed by atoms with Crippen LogP contribution in [-0.4, -0.2) is 60.1 Å². The molecule has 6 heteroatoms. The molecule has 3 rings (SSSR count). The van der Waals surface area contributed by atoms with Crippen LogP contribution in [0.3, 0.4) is 0 Å². The summed E-state index contributed by atoms with van der Waals surface area (Å²) in [5.41, 5.74) is 1.17. The van der Waals surface area contributed by atoms with Gasteiger partial charge in [-0.15, -0.1) is 11.8 Å². The Morgan fingerprint density at radius 2 is 1.82 bits per heavy atom. The molecule has 0 N–H and O–H groups in total. The van der Waals surface area contributed by atoms with Gasteiger partial charge in [-0.05, 0) is 37.9 Å². The van der Waals surface area contributed by atoms with Gasteiger partial charge >= 0.3 is 0 Å². The van der Waals surface area contributed by atoms with E-state index in [4.69, 9.17) is 0 Å². The average molecular weight is 401 g/mol. The molecule has 1 aliphatic rings. The molecule has 0 spiro atoms. The van der Waals surface area contributed by atoms with Crippen LogP contribution in [0.1, 0.15) is 26.0 Å². The standard InChI is InChI=1S/C14H24N4.C8H8OS/c1-12(2)4-5-13-10-14(16-11-15-13)18-8-6-17(3)7-9-18;9-6-7-10-8-4-2-1-3-5-8/h10-12H,4-9H2,1-3H3;1-6H,7H2. The van der Waals surface area contributed by atoms with Crippen LogP contribution in [0.25, 0.3) is 0 Å². The van der Waals surface area contributed by atoms with Crippen molar-refractivity contribution in [2.75, 3.05) is 43.9 Å². The molecule has 1 aliphatic heterocycles. The highest BCUT2D eigenvalue weighted by atomic mass is 32.2. The number of nitrogens with zero attached hydrogens (tertiary/aromatic N) is 4. The summed E-state index contributed by atoms with van der Waals surface area (Å²) in [6.07, 6.45) is 4.88. The zero-order valence-corrected chi connectivity index (χ0v) is 18.1. The van der Waals surface area contributed by atoms with E-state index < -0.39 is 0 Å². The summed E-state index contributed by atoms with van der Waals surface area (Å²) in [6, 6.07) is 12.0. The number of thioether (sulfide) groups is 1. The topological polar surface area (TPSA) is 49.3 Å². The van der Waals surface area contributed by atoms with E-state index in [0.29, 0.717) is 5.75 Å². The first kappa shape index (κ1) is 22.4. The Kier molecular flexibility index (Phi) is 10.0. The molecule has 0 unspecified atom stereocenters. The van der Waals surface area contributed by atoms with E-state index in [0.717, 1.165) is 55.5 Å². The summed E-state index contributed by atoms with van der Waals surface area (Å²) in [5, 5.41) is 0. The minimum Gasteiger partial charge on any atom is -0.354 e. The molecule has 152 valence electrons. The molecule has 2 heterocycles. The van der Waals surface area contributed by atoms with Crippen LogP contribution in [0.15, 0.2) is 47.6 Å². The predicted octanol–water partition coefficient (Wildman–Crippen LogP) is 3.79. The number of likely N-dealkylation sites (N-methyl/N-ethyl adjacent to an activating group) is 1. The number of rotatable bonds is 7. The molecule has 1 fully saturated rings. The Labute approximate surface area is 173 Å². The minimum atomic E-state index is 0.546.